The summed E-state index contributed by atoms with van der Waals surface area (Å²) in [6.45, 7) is 3.72. The number of rotatable bonds is 4. The highest BCUT2D eigenvalue weighted by Crippen LogP contribution is 2.30. The minimum Gasteiger partial charge on any atom is -0.437 e. The summed E-state index contributed by atoms with van der Waals surface area (Å²) in [5.74, 6) is 0.904. The highest BCUT2D eigenvalue weighted by molar-refractivity contribution is 5.80. The van der Waals surface area contributed by atoms with Crippen molar-refractivity contribution in [3.05, 3.63) is 47.4 Å². The summed E-state index contributed by atoms with van der Waals surface area (Å²) < 4.78 is 11.2. The Morgan fingerprint density at radius 3 is 2.88 bits per heavy atom. The molecule has 2 N–H and O–H groups in total. The maximum absolute atomic E-state index is 11.4. The van der Waals surface area contributed by atoms with E-state index in [0.29, 0.717) is 22.6 Å². The topological polar surface area (TPSA) is 98.0 Å². The molecular weight excluding hydrogens is 324 g/mol. The Morgan fingerprint density at radius 2 is 2.16 bits per heavy atom. The predicted octanol–water partition coefficient (Wildman–Crippen LogP) is 2.73. The van der Waals surface area contributed by atoms with E-state index in [1.54, 1.807) is 17.6 Å². The van der Waals surface area contributed by atoms with Crippen molar-refractivity contribution in [2.75, 3.05) is 12.4 Å². The van der Waals surface area contributed by atoms with Crippen molar-refractivity contribution in [1.29, 1.82) is 0 Å². The molecule has 2 aromatic heterocycles. The summed E-state index contributed by atoms with van der Waals surface area (Å²) in [6.07, 6.45) is 2.20. The maximum Gasteiger partial charge on any atom is 0.513 e. The van der Waals surface area contributed by atoms with Gasteiger partial charge in [-0.25, -0.2) is 14.3 Å². The highest BCUT2D eigenvalue weighted by atomic mass is 16.7. The van der Waals surface area contributed by atoms with E-state index in [1.807, 2.05) is 25.1 Å². The van der Waals surface area contributed by atoms with Gasteiger partial charge < -0.3 is 19.9 Å². The Morgan fingerprint density at radius 1 is 1.36 bits per heavy atom. The molecule has 3 aromatic rings. The first-order valence-corrected chi connectivity index (χ1v) is 7.59. The van der Waals surface area contributed by atoms with Gasteiger partial charge in [0.05, 0.1) is 19.9 Å². The third-order valence-corrected chi connectivity index (χ3v) is 3.88. The third kappa shape index (κ3) is 3.24. The van der Waals surface area contributed by atoms with Crippen molar-refractivity contribution in [3.63, 3.8) is 0 Å². The van der Waals surface area contributed by atoms with Gasteiger partial charge in [0.1, 0.15) is 11.8 Å². The molecular formula is C17H18N4O4. The molecule has 0 radical (unpaired) electrons. The van der Waals surface area contributed by atoms with Crippen LogP contribution in [0.2, 0.25) is 0 Å². The van der Waals surface area contributed by atoms with Gasteiger partial charge in [-0.15, -0.1) is 0 Å². The summed E-state index contributed by atoms with van der Waals surface area (Å²) in [6, 6.07) is 5.64. The van der Waals surface area contributed by atoms with Gasteiger partial charge in [-0.3, -0.25) is 0 Å². The van der Waals surface area contributed by atoms with Crippen molar-refractivity contribution in [3.8, 4) is 5.75 Å². The van der Waals surface area contributed by atoms with E-state index >= 15 is 0 Å². The molecule has 0 spiro atoms. The third-order valence-electron chi connectivity index (χ3n) is 3.88. The summed E-state index contributed by atoms with van der Waals surface area (Å²) in [5, 5.41) is 16.7. The van der Waals surface area contributed by atoms with Crippen LogP contribution in [0.5, 0.6) is 5.75 Å². The van der Waals surface area contributed by atoms with Gasteiger partial charge >= 0.3 is 6.16 Å². The van der Waals surface area contributed by atoms with E-state index in [4.69, 9.17) is 4.74 Å². The van der Waals surface area contributed by atoms with Crippen LogP contribution < -0.4 is 10.1 Å². The zero-order chi connectivity index (χ0) is 18.0. The van der Waals surface area contributed by atoms with Gasteiger partial charge in [-0.2, -0.15) is 5.10 Å². The van der Waals surface area contributed by atoms with Crippen LogP contribution >= 0.6 is 0 Å². The van der Waals surface area contributed by atoms with Crippen molar-refractivity contribution in [1.82, 2.24) is 14.6 Å². The molecule has 8 heteroatoms. The fourth-order valence-corrected chi connectivity index (χ4v) is 2.49. The molecule has 130 valence electrons. The standard InChI is InChI=1S/C17H18N4O4/c1-10-4-5-12(8-22)6-13(10)20-16-15-11(2)14(25-17(23)24-3)7-21(15)19-9-18-16/h4-7,9,22H,8H2,1-3H3,(H,18,19,20). The van der Waals surface area contributed by atoms with E-state index in [2.05, 4.69) is 20.1 Å². The molecule has 8 nitrogen and oxygen atoms in total. The molecule has 2 heterocycles. The maximum atomic E-state index is 11.4. The zero-order valence-corrected chi connectivity index (χ0v) is 14.1. The fraction of sp³-hybridized carbons (Fsp3) is 0.235. The van der Waals surface area contributed by atoms with Crippen LogP contribution in [0.3, 0.4) is 0 Å². The van der Waals surface area contributed by atoms with Crippen LogP contribution in [0.4, 0.5) is 16.3 Å². The van der Waals surface area contributed by atoms with E-state index in [9.17, 15) is 9.90 Å². The lowest BCUT2D eigenvalue weighted by Gasteiger charge is -2.11. The van der Waals surface area contributed by atoms with Gasteiger partial charge in [-0.05, 0) is 31.0 Å². The number of anilines is 2. The van der Waals surface area contributed by atoms with Gasteiger partial charge in [0.15, 0.2) is 11.6 Å². The van der Waals surface area contributed by atoms with Gasteiger partial charge in [0, 0.05) is 11.3 Å². The molecule has 0 fully saturated rings. The Hall–Kier alpha value is -3.13. The number of benzene rings is 1. The van der Waals surface area contributed by atoms with Crippen molar-refractivity contribution in [2.45, 2.75) is 20.5 Å². The zero-order valence-electron chi connectivity index (χ0n) is 14.1. The molecule has 1 aromatic carbocycles. The molecule has 0 saturated heterocycles. The van der Waals surface area contributed by atoms with Crippen molar-refractivity contribution >= 4 is 23.2 Å². The molecule has 0 aliphatic rings. The number of methoxy groups -OCH3 is 1. The minimum absolute atomic E-state index is 0.0462. The van der Waals surface area contributed by atoms with Crippen LogP contribution in [0.15, 0.2) is 30.7 Å². The van der Waals surface area contributed by atoms with Gasteiger partial charge in [0.25, 0.3) is 0 Å². The Labute approximate surface area is 144 Å². The number of hydrogen-bond donors (Lipinski definition) is 2. The lowest BCUT2D eigenvalue weighted by Crippen LogP contribution is -2.07. The second-order valence-electron chi connectivity index (χ2n) is 5.51. The van der Waals surface area contributed by atoms with Crippen molar-refractivity contribution in [2.24, 2.45) is 0 Å². The number of aryl methyl sites for hydroxylation is 2. The summed E-state index contributed by atoms with van der Waals surface area (Å²) >= 11 is 0. The first-order valence-electron chi connectivity index (χ1n) is 7.59. The SMILES string of the molecule is COC(=O)Oc1cn2ncnc(Nc3cc(CO)ccc3C)c2c1C. The number of ether oxygens (including phenoxy) is 2. The van der Waals surface area contributed by atoms with Crippen LogP contribution in [0, 0.1) is 13.8 Å². The molecule has 0 saturated carbocycles. The number of carbonyl (C=O) groups excluding carboxylic acids is 1. The highest BCUT2D eigenvalue weighted by Gasteiger charge is 2.17. The average Bonchev–Trinajstić information content (AvgIpc) is 2.93. The molecule has 25 heavy (non-hydrogen) atoms. The number of aliphatic hydroxyl groups excluding tert-OH is 1. The van der Waals surface area contributed by atoms with Crippen molar-refractivity contribution < 1.29 is 19.4 Å². The van der Waals surface area contributed by atoms with E-state index in [1.165, 1.54) is 13.4 Å². The Bertz CT molecular complexity index is 936. The molecule has 0 aliphatic heterocycles. The molecule has 0 aliphatic carbocycles. The Kier molecular flexibility index (Phi) is 4.53. The summed E-state index contributed by atoms with van der Waals surface area (Å²) in [4.78, 5) is 15.7. The second-order valence-corrected chi connectivity index (χ2v) is 5.51. The van der Waals surface area contributed by atoms with E-state index in [-0.39, 0.29) is 6.61 Å². The monoisotopic (exact) mass is 342 g/mol. The van der Waals surface area contributed by atoms with E-state index < -0.39 is 6.16 Å². The summed E-state index contributed by atoms with van der Waals surface area (Å²) in [5.41, 5.74) is 3.99. The smallest absolute Gasteiger partial charge is 0.437 e. The van der Waals surface area contributed by atoms with E-state index in [0.717, 1.165) is 16.8 Å². The van der Waals surface area contributed by atoms with Crippen LogP contribution in [-0.2, 0) is 11.3 Å². The number of nitrogens with one attached hydrogen (secondary N) is 1. The van der Waals surface area contributed by atoms with Gasteiger partial charge in [-0.1, -0.05) is 12.1 Å². The van der Waals surface area contributed by atoms with Crippen LogP contribution in [-0.4, -0.2) is 33.0 Å². The summed E-state index contributed by atoms with van der Waals surface area (Å²) in [7, 11) is 1.25. The van der Waals surface area contributed by atoms with Crippen LogP contribution in [0.1, 0.15) is 16.7 Å². The quantitative estimate of drug-likeness (QED) is 0.703. The fourth-order valence-electron chi connectivity index (χ4n) is 2.49. The first kappa shape index (κ1) is 16.7. The number of aromatic nitrogens is 3. The average molecular weight is 342 g/mol. The normalized spacial score (nSPS) is 10.7. The minimum atomic E-state index is -0.798. The predicted molar refractivity (Wildman–Crippen MR) is 91.1 cm³/mol. The largest absolute Gasteiger partial charge is 0.513 e. The Balaban J connectivity index is 2.04. The molecule has 0 unspecified atom stereocenters. The van der Waals surface area contributed by atoms with Crippen LogP contribution in [0.25, 0.3) is 5.52 Å². The molecule has 3 rings (SSSR count). The molecule has 0 atom stereocenters. The number of hydrogen-bond acceptors (Lipinski definition) is 7. The number of fused-ring (bicyclic) bond motifs is 1. The lowest BCUT2D eigenvalue weighted by molar-refractivity contribution is 0.121. The lowest BCUT2D eigenvalue weighted by atomic mass is 10.1. The number of nitrogens with zero attached hydrogens (tertiary/aromatic N) is 3. The second kappa shape index (κ2) is 6.78. The first-order chi connectivity index (χ1) is 12.0. The number of carbonyl (C=O) groups is 1. The number of aliphatic hydroxyl groups is 1. The van der Waals surface area contributed by atoms with Gasteiger partial charge in [0.2, 0.25) is 0 Å². The molecule has 0 bridgehead atoms. The molecule has 0 amide bonds.